The molecule has 4 rings (SSSR count). The van der Waals surface area contributed by atoms with E-state index in [2.05, 4.69) is 53.7 Å². The Bertz CT molecular complexity index is 1090. The molecule has 3 heterocycles. The van der Waals surface area contributed by atoms with Gasteiger partial charge in [0, 0.05) is 28.2 Å². The number of amidine groups is 2. The van der Waals surface area contributed by atoms with Gasteiger partial charge in [-0.05, 0) is 62.6 Å². The van der Waals surface area contributed by atoms with Crippen molar-refractivity contribution in [1.82, 2.24) is 9.47 Å². The normalized spacial score (nSPS) is 17.9. The highest BCUT2D eigenvalue weighted by atomic mass is 32.2. The van der Waals surface area contributed by atoms with Crippen molar-refractivity contribution in [2.45, 2.75) is 34.1 Å². The van der Waals surface area contributed by atoms with E-state index < -0.39 is 0 Å². The number of allylic oxidation sites excluding steroid dienone is 1. The zero-order chi connectivity index (χ0) is 20.0. The van der Waals surface area contributed by atoms with Crippen LogP contribution in [0.4, 0.5) is 0 Å². The van der Waals surface area contributed by atoms with Crippen molar-refractivity contribution in [2.24, 2.45) is 4.99 Å². The van der Waals surface area contributed by atoms with Crippen LogP contribution in [0, 0.1) is 19.3 Å². The Morgan fingerprint density at radius 2 is 1.89 bits per heavy atom. The van der Waals surface area contributed by atoms with Gasteiger partial charge in [0.25, 0.3) is 5.91 Å². The number of nitrogens with one attached hydrogen (secondary N) is 1. The summed E-state index contributed by atoms with van der Waals surface area (Å²) in [6, 6.07) is 10.6. The van der Waals surface area contributed by atoms with Gasteiger partial charge < -0.3 is 4.57 Å². The monoisotopic (exact) mass is 390 g/mol. The van der Waals surface area contributed by atoms with E-state index in [4.69, 9.17) is 5.41 Å². The van der Waals surface area contributed by atoms with Gasteiger partial charge in [-0.1, -0.05) is 30.8 Å². The third-order valence-corrected chi connectivity index (χ3v) is 5.96. The van der Waals surface area contributed by atoms with Gasteiger partial charge in [0.15, 0.2) is 5.17 Å². The number of rotatable bonds is 3. The molecule has 6 heteroatoms. The summed E-state index contributed by atoms with van der Waals surface area (Å²) in [6.45, 7) is 8.18. The molecule has 0 unspecified atom stereocenters. The van der Waals surface area contributed by atoms with E-state index in [0.29, 0.717) is 10.7 Å². The van der Waals surface area contributed by atoms with Crippen LogP contribution in [0.3, 0.4) is 0 Å². The molecule has 1 amide bonds. The van der Waals surface area contributed by atoms with Crippen molar-refractivity contribution in [3.8, 4) is 5.69 Å². The lowest BCUT2D eigenvalue weighted by Gasteiger charge is -2.22. The van der Waals surface area contributed by atoms with Gasteiger partial charge in [-0.3, -0.25) is 15.1 Å². The fraction of sp³-hybridized carbons (Fsp3) is 0.227. The van der Waals surface area contributed by atoms with Crippen LogP contribution in [0.5, 0.6) is 0 Å². The van der Waals surface area contributed by atoms with Gasteiger partial charge in [-0.25, -0.2) is 0 Å². The molecule has 0 aliphatic carbocycles. The summed E-state index contributed by atoms with van der Waals surface area (Å²) in [7, 11) is 0. The lowest BCUT2D eigenvalue weighted by Crippen LogP contribution is -2.35. The molecular weight excluding hydrogens is 368 g/mol. The number of hydrogen-bond acceptors (Lipinski definition) is 3. The molecule has 0 saturated heterocycles. The number of thioether (sulfide) groups is 1. The van der Waals surface area contributed by atoms with Crippen molar-refractivity contribution in [2.75, 3.05) is 0 Å². The van der Waals surface area contributed by atoms with Crippen LogP contribution < -0.4 is 0 Å². The lowest BCUT2D eigenvalue weighted by atomic mass is 10.1. The van der Waals surface area contributed by atoms with Crippen LogP contribution in [0.15, 0.2) is 52.0 Å². The Hall–Kier alpha value is -2.86. The average Bonchev–Trinajstić information content (AvgIpc) is 3.17. The molecule has 2 aromatic rings. The SMILES string of the molecule is CCc1ccc(-n2c(C)cc(C=C3C(=N)N4C=C(C)SC4=NC3=O)c2C)cc1. The number of benzene rings is 1. The minimum Gasteiger partial charge on any atom is -0.318 e. The number of aromatic nitrogens is 1. The zero-order valence-electron chi connectivity index (χ0n) is 16.4. The number of fused-ring (bicyclic) bond motifs is 1. The second-order valence-corrected chi connectivity index (χ2v) is 8.21. The highest BCUT2D eigenvalue weighted by molar-refractivity contribution is 8.17. The summed E-state index contributed by atoms with van der Waals surface area (Å²) in [5, 5.41) is 9.04. The smallest absolute Gasteiger partial charge is 0.283 e. The Labute approximate surface area is 169 Å². The zero-order valence-corrected chi connectivity index (χ0v) is 17.2. The second kappa shape index (κ2) is 6.95. The van der Waals surface area contributed by atoms with E-state index in [1.165, 1.54) is 17.3 Å². The first-order chi connectivity index (χ1) is 13.4. The maximum absolute atomic E-state index is 12.5. The minimum atomic E-state index is -0.357. The van der Waals surface area contributed by atoms with E-state index in [1.807, 2.05) is 20.0 Å². The maximum atomic E-state index is 12.5. The molecule has 1 aromatic heterocycles. The third-order valence-electron chi connectivity index (χ3n) is 5.07. The first-order valence-electron chi connectivity index (χ1n) is 9.26. The molecule has 0 saturated carbocycles. The number of carbonyl (C=O) groups is 1. The van der Waals surface area contributed by atoms with Crippen molar-refractivity contribution in [1.29, 1.82) is 5.41 Å². The number of carbonyl (C=O) groups excluding carboxylic acids is 1. The van der Waals surface area contributed by atoms with Crippen LogP contribution >= 0.6 is 11.8 Å². The van der Waals surface area contributed by atoms with Gasteiger partial charge in [-0.15, -0.1) is 0 Å². The summed E-state index contributed by atoms with van der Waals surface area (Å²) in [4.78, 5) is 19.4. The van der Waals surface area contributed by atoms with Crippen molar-refractivity contribution in [3.63, 3.8) is 0 Å². The van der Waals surface area contributed by atoms with E-state index in [9.17, 15) is 4.79 Å². The quantitative estimate of drug-likeness (QED) is 0.764. The summed E-state index contributed by atoms with van der Waals surface area (Å²) >= 11 is 1.42. The Balaban J connectivity index is 1.74. The van der Waals surface area contributed by atoms with Gasteiger partial charge in [0.2, 0.25) is 0 Å². The maximum Gasteiger partial charge on any atom is 0.283 e. The number of hydrogen-bond donors (Lipinski definition) is 1. The number of aliphatic imine (C=N–C) groups is 1. The topological polar surface area (TPSA) is 61.5 Å². The third kappa shape index (κ3) is 3.03. The first kappa shape index (κ1) is 18.5. The first-order valence-corrected chi connectivity index (χ1v) is 10.1. The van der Waals surface area contributed by atoms with Crippen LogP contribution in [0.2, 0.25) is 0 Å². The fourth-order valence-corrected chi connectivity index (χ4v) is 4.39. The van der Waals surface area contributed by atoms with Gasteiger partial charge in [0.05, 0.1) is 5.57 Å². The summed E-state index contributed by atoms with van der Waals surface area (Å²) < 4.78 is 2.17. The molecule has 0 atom stereocenters. The van der Waals surface area contributed by atoms with E-state index >= 15 is 0 Å². The highest BCUT2D eigenvalue weighted by Crippen LogP contribution is 2.33. The van der Waals surface area contributed by atoms with Gasteiger partial charge >= 0.3 is 0 Å². The number of aryl methyl sites for hydroxylation is 2. The molecule has 1 aromatic carbocycles. The van der Waals surface area contributed by atoms with Crippen molar-refractivity contribution in [3.05, 3.63) is 69.5 Å². The molecule has 142 valence electrons. The molecule has 2 aliphatic heterocycles. The standard InChI is InChI=1S/C22H22N4OS/c1-5-16-6-8-18(9-7-16)26-13(2)10-17(15(26)4)11-19-20(23)25-12-14(3)28-22(25)24-21(19)27/h6-12,23H,5H2,1-4H3. The average molecular weight is 391 g/mol. The Morgan fingerprint density at radius 1 is 1.18 bits per heavy atom. The number of nitrogens with zero attached hydrogens (tertiary/aromatic N) is 3. The van der Waals surface area contributed by atoms with Gasteiger partial charge in [-0.2, -0.15) is 4.99 Å². The molecular formula is C22H22N4OS. The van der Waals surface area contributed by atoms with Crippen LogP contribution in [0.1, 0.15) is 36.4 Å². The van der Waals surface area contributed by atoms with Gasteiger partial charge in [0.1, 0.15) is 5.84 Å². The van der Waals surface area contributed by atoms with Crippen LogP contribution in [-0.4, -0.2) is 26.4 Å². The fourth-order valence-electron chi connectivity index (χ4n) is 3.57. The molecule has 0 spiro atoms. The van der Waals surface area contributed by atoms with E-state index in [1.54, 1.807) is 11.0 Å². The Kier molecular flexibility index (Phi) is 4.59. The van der Waals surface area contributed by atoms with Crippen molar-refractivity contribution >= 4 is 34.7 Å². The second-order valence-electron chi connectivity index (χ2n) is 7.00. The molecule has 5 nitrogen and oxygen atoms in total. The number of amides is 1. The molecule has 0 bridgehead atoms. The van der Waals surface area contributed by atoms with E-state index in [0.717, 1.165) is 34.0 Å². The predicted octanol–water partition coefficient (Wildman–Crippen LogP) is 4.82. The van der Waals surface area contributed by atoms with E-state index in [-0.39, 0.29) is 11.7 Å². The molecule has 28 heavy (non-hydrogen) atoms. The largest absolute Gasteiger partial charge is 0.318 e. The molecule has 2 aliphatic rings. The summed E-state index contributed by atoms with van der Waals surface area (Å²) in [5.74, 6) is -0.180. The summed E-state index contributed by atoms with van der Waals surface area (Å²) in [5.41, 5.74) is 5.76. The van der Waals surface area contributed by atoms with Crippen LogP contribution in [-0.2, 0) is 11.2 Å². The highest BCUT2D eigenvalue weighted by Gasteiger charge is 2.33. The minimum absolute atomic E-state index is 0.177. The molecule has 0 radical (unpaired) electrons. The summed E-state index contributed by atoms with van der Waals surface area (Å²) in [6.07, 6.45) is 4.65. The lowest BCUT2D eigenvalue weighted by molar-refractivity contribution is -0.114. The molecule has 0 fully saturated rings. The van der Waals surface area contributed by atoms with Crippen LogP contribution in [0.25, 0.3) is 11.8 Å². The predicted molar refractivity (Wildman–Crippen MR) is 116 cm³/mol. The van der Waals surface area contributed by atoms with Crippen molar-refractivity contribution < 1.29 is 4.79 Å². The molecule has 1 N–H and O–H groups in total. The Morgan fingerprint density at radius 3 is 2.57 bits per heavy atom.